The monoisotopic (exact) mass is 439 g/mol. The molecule has 0 spiro atoms. The maximum Gasteiger partial charge on any atom is 0.407 e. The molecule has 3 aromatic heterocycles. The van der Waals surface area contributed by atoms with Crippen molar-refractivity contribution in [3.63, 3.8) is 0 Å². The second kappa shape index (κ2) is 7.47. The first kappa shape index (κ1) is 20.7. The van der Waals surface area contributed by atoms with Crippen molar-refractivity contribution in [3.05, 3.63) is 36.4 Å². The first-order chi connectivity index (χ1) is 15.2. The summed E-state index contributed by atoms with van der Waals surface area (Å²) in [5, 5.41) is 11.2. The molecule has 2 N–H and O–H groups in total. The van der Waals surface area contributed by atoms with E-state index >= 15 is 0 Å². The van der Waals surface area contributed by atoms with Gasteiger partial charge in [0, 0.05) is 31.1 Å². The van der Waals surface area contributed by atoms with Gasteiger partial charge in [-0.2, -0.15) is 5.10 Å². The van der Waals surface area contributed by atoms with Gasteiger partial charge in [0.2, 0.25) is 5.95 Å². The molecule has 0 bridgehead atoms. The van der Waals surface area contributed by atoms with Crippen LogP contribution in [0, 0.1) is 0 Å². The number of fused-ring (bicyclic) bond motifs is 1. The van der Waals surface area contributed by atoms with Crippen LogP contribution in [0.5, 0.6) is 0 Å². The zero-order chi connectivity index (χ0) is 22.5. The number of nitrogens with one attached hydrogen (secondary N) is 2. The Morgan fingerprint density at radius 3 is 2.84 bits per heavy atom. The number of carbonyl (C=O) groups excluding carboxylic acids is 1. The third-order valence-corrected chi connectivity index (χ3v) is 5.86. The normalized spacial score (nSPS) is 22.1. The van der Waals surface area contributed by atoms with Gasteiger partial charge in [0.05, 0.1) is 23.9 Å². The lowest BCUT2D eigenvalue weighted by Crippen LogP contribution is -2.37. The number of ether oxygens (including phenoxy) is 2. The van der Waals surface area contributed by atoms with Gasteiger partial charge in [-0.25, -0.2) is 19.4 Å². The molecule has 1 saturated heterocycles. The molecule has 1 aliphatic carbocycles. The molecule has 5 rings (SSSR count). The zero-order valence-electron chi connectivity index (χ0n) is 18.8. The van der Waals surface area contributed by atoms with Crippen LogP contribution in [-0.2, 0) is 15.0 Å². The second-order valence-corrected chi connectivity index (χ2v) is 9.82. The molecule has 10 heteroatoms. The van der Waals surface area contributed by atoms with Gasteiger partial charge in [0.1, 0.15) is 23.2 Å². The summed E-state index contributed by atoms with van der Waals surface area (Å²) >= 11 is 0. The summed E-state index contributed by atoms with van der Waals surface area (Å²) in [6.45, 7) is 8.66. The third kappa shape index (κ3) is 4.14. The van der Waals surface area contributed by atoms with Crippen molar-refractivity contribution in [3.8, 4) is 0 Å². The fourth-order valence-electron chi connectivity index (χ4n) is 3.85. The number of anilines is 2. The van der Waals surface area contributed by atoms with E-state index in [0.29, 0.717) is 19.0 Å². The average Bonchev–Trinajstić information content (AvgIpc) is 3.17. The van der Waals surface area contributed by atoms with Crippen LogP contribution in [0.2, 0.25) is 0 Å². The van der Waals surface area contributed by atoms with E-state index in [1.165, 1.54) is 0 Å². The van der Waals surface area contributed by atoms with Crippen molar-refractivity contribution in [2.24, 2.45) is 0 Å². The van der Waals surface area contributed by atoms with Gasteiger partial charge in [-0.05, 0) is 46.6 Å². The smallest absolute Gasteiger partial charge is 0.407 e. The maximum atomic E-state index is 12.1. The van der Waals surface area contributed by atoms with E-state index < -0.39 is 0 Å². The van der Waals surface area contributed by atoms with Crippen molar-refractivity contribution in [1.29, 1.82) is 0 Å². The van der Waals surface area contributed by atoms with Crippen molar-refractivity contribution in [1.82, 2.24) is 29.5 Å². The van der Waals surface area contributed by atoms with Gasteiger partial charge in [0.15, 0.2) is 0 Å². The van der Waals surface area contributed by atoms with Crippen molar-refractivity contribution in [2.45, 2.75) is 70.2 Å². The summed E-state index contributed by atoms with van der Waals surface area (Å²) in [4.78, 5) is 20.9. The summed E-state index contributed by atoms with van der Waals surface area (Å²) in [6.07, 6.45) is 7.23. The second-order valence-electron chi connectivity index (χ2n) is 9.82. The van der Waals surface area contributed by atoms with Crippen LogP contribution >= 0.6 is 0 Å². The first-order valence-corrected chi connectivity index (χ1v) is 11.0. The van der Waals surface area contributed by atoms with Crippen LogP contribution in [0.15, 0.2) is 30.7 Å². The highest BCUT2D eigenvalue weighted by molar-refractivity contribution is 5.68. The molecule has 10 nitrogen and oxygen atoms in total. The Balaban J connectivity index is 1.33. The summed E-state index contributed by atoms with van der Waals surface area (Å²) in [6, 6.07) is 3.73. The van der Waals surface area contributed by atoms with Crippen LogP contribution in [0.1, 0.15) is 58.8 Å². The highest BCUT2D eigenvalue weighted by atomic mass is 16.6. The van der Waals surface area contributed by atoms with Crippen LogP contribution < -0.4 is 10.6 Å². The van der Waals surface area contributed by atoms with E-state index in [1.807, 2.05) is 34.3 Å². The van der Waals surface area contributed by atoms with E-state index in [0.717, 1.165) is 30.0 Å². The molecule has 2 fully saturated rings. The predicted octanol–water partition coefficient (Wildman–Crippen LogP) is 3.53. The van der Waals surface area contributed by atoms with E-state index in [9.17, 15) is 4.79 Å². The molecular formula is C22H29N7O3. The lowest BCUT2D eigenvalue weighted by atomic mass is 10.1. The number of amides is 1. The lowest BCUT2D eigenvalue weighted by Gasteiger charge is -2.22. The summed E-state index contributed by atoms with van der Waals surface area (Å²) < 4.78 is 15.3. The quantitative estimate of drug-likeness (QED) is 0.626. The summed E-state index contributed by atoms with van der Waals surface area (Å²) in [5.41, 5.74) is 1.07. The molecule has 4 heterocycles. The largest absolute Gasteiger partial charge is 0.443 e. The molecule has 1 amide bonds. The van der Waals surface area contributed by atoms with Crippen molar-refractivity contribution in [2.75, 3.05) is 11.9 Å². The molecule has 170 valence electrons. The number of imidazole rings is 1. The van der Waals surface area contributed by atoms with E-state index in [-0.39, 0.29) is 29.4 Å². The minimum Gasteiger partial charge on any atom is -0.443 e. The minimum atomic E-state index is -0.374. The Hall–Kier alpha value is -3.14. The van der Waals surface area contributed by atoms with Crippen LogP contribution in [-0.4, -0.2) is 48.5 Å². The number of carbonyl (C=O) groups is 1. The number of nitrogens with zero attached hydrogens (tertiary/aromatic N) is 5. The molecule has 0 unspecified atom stereocenters. The fraction of sp³-hybridized carbons (Fsp3) is 0.545. The first-order valence-electron chi connectivity index (χ1n) is 11.0. The lowest BCUT2D eigenvalue weighted by molar-refractivity contribution is 0.0858. The number of aromatic nitrogens is 5. The SMILES string of the molecule is CC1(OC(=O)N[C@H]2CO[C@@H](c3cc(Nc4nccc5nccn45)n(C(C)(C)C)n3)C2)CC1. The zero-order valence-corrected chi connectivity index (χ0v) is 18.8. The van der Waals surface area contributed by atoms with Crippen molar-refractivity contribution >= 4 is 23.5 Å². The van der Waals surface area contributed by atoms with Crippen LogP contribution in [0.25, 0.3) is 5.65 Å². The third-order valence-electron chi connectivity index (χ3n) is 5.86. The standard InChI is InChI=1S/C22H29N7O3/c1-21(2,3)29-18(26-19-24-8-5-17-23-9-10-28(17)19)12-15(27-29)16-11-14(13-31-16)25-20(30)32-22(4)6-7-22/h5,8-10,12,14,16H,6-7,11,13H2,1-4H3,(H,24,26)(H,25,30)/t14-,16-/m1/s1. The topological polar surface area (TPSA) is 108 Å². The van der Waals surface area contributed by atoms with Crippen LogP contribution in [0.4, 0.5) is 16.6 Å². The number of hydrogen-bond acceptors (Lipinski definition) is 7. The number of rotatable bonds is 5. The molecule has 1 aliphatic heterocycles. The minimum absolute atomic E-state index is 0.104. The van der Waals surface area contributed by atoms with Gasteiger partial charge in [-0.1, -0.05) is 0 Å². The van der Waals surface area contributed by atoms with Gasteiger partial charge in [-0.3, -0.25) is 4.40 Å². The highest BCUT2D eigenvalue weighted by Gasteiger charge is 2.42. The average molecular weight is 440 g/mol. The predicted molar refractivity (Wildman–Crippen MR) is 118 cm³/mol. The van der Waals surface area contributed by atoms with E-state index in [2.05, 4.69) is 41.4 Å². The molecule has 3 aromatic rings. The molecule has 1 saturated carbocycles. The van der Waals surface area contributed by atoms with Gasteiger partial charge < -0.3 is 20.1 Å². The molecular weight excluding hydrogens is 410 g/mol. The Labute approximate surface area is 186 Å². The van der Waals surface area contributed by atoms with E-state index in [4.69, 9.17) is 14.6 Å². The summed E-state index contributed by atoms with van der Waals surface area (Å²) in [5.74, 6) is 1.46. The fourth-order valence-corrected chi connectivity index (χ4v) is 3.85. The Kier molecular flexibility index (Phi) is 4.85. The van der Waals surface area contributed by atoms with Crippen molar-refractivity contribution < 1.29 is 14.3 Å². The molecule has 2 aliphatic rings. The van der Waals surface area contributed by atoms with Gasteiger partial charge in [-0.15, -0.1) is 0 Å². The molecule has 0 aromatic carbocycles. The molecule has 0 radical (unpaired) electrons. The van der Waals surface area contributed by atoms with E-state index in [1.54, 1.807) is 12.4 Å². The molecule has 32 heavy (non-hydrogen) atoms. The van der Waals surface area contributed by atoms with Gasteiger partial charge in [0.25, 0.3) is 0 Å². The number of alkyl carbamates (subject to hydrolysis) is 1. The number of hydrogen-bond donors (Lipinski definition) is 2. The Morgan fingerprint density at radius 2 is 2.09 bits per heavy atom. The van der Waals surface area contributed by atoms with Crippen LogP contribution in [0.3, 0.4) is 0 Å². The highest BCUT2D eigenvalue weighted by Crippen LogP contribution is 2.39. The Bertz CT molecular complexity index is 1140. The maximum absolute atomic E-state index is 12.1. The Morgan fingerprint density at radius 1 is 1.28 bits per heavy atom. The molecule has 2 atom stereocenters. The summed E-state index contributed by atoms with van der Waals surface area (Å²) in [7, 11) is 0. The van der Waals surface area contributed by atoms with Gasteiger partial charge >= 0.3 is 6.09 Å².